The lowest BCUT2D eigenvalue weighted by Crippen LogP contribution is -2.51. The van der Waals surface area contributed by atoms with E-state index < -0.39 is 15.6 Å². The zero-order valence-corrected chi connectivity index (χ0v) is 16.3. The molecule has 3 aliphatic heterocycles. The van der Waals surface area contributed by atoms with Crippen LogP contribution in [0.3, 0.4) is 0 Å². The summed E-state index contributed by atoms with van der Waals surface area (Å²) in [5.74, 6) is 0. The highest BCUT2D eigenvalue weighted by Gasteiger charge is 2.57. The summed E-state index contributed by atoms with van der Waals surface area (Å²) in [6.07, 6.45) is 0.586. The van der Waals surface area contributed by atoms with Gasteiger partial charge in [-0.05, 0) is 18.1 Å². The van der Waals surface area contributed by atoms with E-state index in [9.17, 15) is 13.2 Å². The first-order chi connectivity index (χ1) is 13.0. The molecule has 0 saturated carbocycles. The largest absolute Gasteiger partial charge is 0.383 e. The maximum Gasteiger partial charge on any atom is 0.320 e. The zero-order chi connectivity index (χ0) is 19.1. The minimum Gasteiger partial charge on any atom is -0.383 e. The lowest BCUT2D eigenvalue weighted by Gasteiger charge is -2.35. The third kappa shape index (κ3) is 2.93. The number of carbonyl (C=O) groups excluding carboxylic acids is 1. The molecule has 1 spiro atoms. The molecule has 0 aromatic heterocycles. The molecule has 1 aromatic rings. The summed E-state index contributed by atoms with van der Waals surface area (Å²) in [5.41, 5.74) is 0.0778. The highest BCUT2D eigenvalue weighted by molar-refractivity contribution is 7.89. The number of sulfonamides is 1. The van der Waals surface area contributed by atoms with E-state index in [0.29, 0.717) is 57.3 Å². The van der Waals surface area contributed by atoms with E-state index in [0.717, 1.165) is 5.56 Å². The van der Waals surface area contributed by atoms with Gasteiger partial charge in [0.15, 0.2) is 0 Å². The van der Waals surface area contributed by atoms with Crippen molar-refractivity contribution in [2.24, 2.45) is 0 Å². The first-order valence-electron chi connectivity index (χ1n) is 9.23. The molecule has 2 saturated heterocycles. The normalized spacial score (nSPS) is 27.3. The lowest BCUT2D eigenvalue weighted by atomic mass is 9.89. The summed E-state index contributed by atoms with van der Waals surface area (Å²) in [4.78, 5) is 16.9. The smallest absolute Gasteiger partial charge is 0.320 e. The van der Waals surface area contributed by atoms with Crippen LogP contribution >= 0.6 is 0 Å². The van der Waals surface area contributed by atoms with E-state index in [2.05, 4.69) is 0 Å². The number of amides is 2. The van der Waals surface area contributed by atoms with E-state index in [1.165, 1.54) is 0 Å². The molecule has 0 radical (unpaired) electrons. The minimum atomic E-state index is -3.60. The summed E-state index contributed by atoms with van der Waals surface area (Å²) in [6, 6.07) is 7.11. The van der Waals surface area contributed by atoms with Crippen molar-refractivity contribution in [3.8, 4) is 0 Å². The van der Waals surface area contributed by atoms with Crippen LogP contribution in [0.1, 0.15) is 12.0 Å². The second-order valence-electron chi connectivity index (χ2n) is 7.15. The van der Waals surface area contributed by atoms with Crippen LogP contribution in [-0.2, 0) is 25.0 Å². The molecule has 1 atom stereocenters. The summed E-state index contributed by atoms with van der Waals surface area (Å²) >= 11 is 0. The van der Waals surface area contributed by atoms with Gasteiger partial charge < -0.3 is 19.3 Å². The van der Waals surface area contributed by atoms with Gasteiger partial charge in [-0.15, -0.1) is 0 Å². The predicted octanol–water partition coefficient (Wildman–Crippen LogP) is 0.691. The molecule has 148 valence electrons. The Labute approximate surface area is 159 Å². The molecular formula is C18H25N3O5S. The number of carbonyl (C=O) groups is 1. The number of morpholine rings is 1. The van der Waals surface area contributed by atoms with Crippen molar-refractivity contribution in [3.05, 3.63) is 29.8 Å². The minimum absolute atomic E-state index is 0.0383. The lowest BCUT2D eigenvalue weighted by molar-refractivity contribution is 0.0437. The number of benzene rings is 1. The molecule has 0 aliphatic carbocycles. The molecule has 8 nitrogen and oxygen atoms in total. The molecule has 0 unspecified atom stereocenters. The van der Waals surface area contributed by atoms with E-state index in [1.807, 2.05) is 12.1 Å². The van der Waals surface area contributed by atoms with Crippen LogP contribution in [0.5, 0.6) is 0 Å². The van der Waals surface area contributed by atoms with Gasteiger partial charge >= 0.3 is 6.03 Å². The average molecular weight is 395 g/mol. The second kappa shape index (κ2) is 7.05. The number of hydrogen-bond acceptors (Lipinski definition) is 5. The fraction of sp³-hybridized carbons (Fsp3) is 0.611. The van der Waals surface area contributed by atoms with Gasteiger partial charge in [0.1, 0.15) is 0 Å². The zero-order valence-electron chi connectivity index (χ0n) is 15.5. The molecular weight excluding hydrogens is 370 g/mol. The van der Waals surface area contributed by atoms with Crippen molar-refractivity contribution in [3.63, 3.8) is 0 Å². The Bertz CT molecular complexity index is 824. The van der Waals surface area contributed by atoms with Gasteiger partial charge in [0, 0.05) is 39.8 Å². The van der Waals surface area contributed by atoms with E-state index in [1.54, 1.807) is 33.3 Å². The summed E-state index contributed by atoms with van der Waals surface area (Å²) in [5, 5.41) is 0. The monoisotopic (exact) mass is 395 g/mol. The second-order valence-corrected chi connectivity index (χ2v) is 8.98. The van der Waals surface area contributed by atoms with Gasteiger partial charge in [-0.3, -0.25) is 0 Å². The molecule has 3 heterocycles. The van der Waals surface area contributed by atoms with Crippen LogP contribution < -0.4 is 0 Å². The van der Waals surface area contributed by atoms with Gasteiger partial charge in [-0.2, -0.15) is 4.31 Å². The number of rotatable bonds is 3. The van der Waals surface area contributed by atoms with Gasteiger partial charge in [0.25, 0.3) is 0 Å². The predicted molar refractivity (Wildman–Crippen MR) is 97.9 cm³/mol. The Morgan fingerprint density at radius 2 is 1.93 bits per heavy atom. The Balaban J connectivity index is 1.66. The molecule has 9 heteroatoms. The molecule has 0 N–H and O–H groups in total. The van der Waals surface area contributed by atoms with Crippen LogP contribution in [0.2, 0.25) is 0 Å². The fourth-order valence-corrected chi connectivity index (χ4v) is 6.45. The summed E-state index contributed by atoms with van der Waals surface area (Å²) in [7, 11) is -2.04. The Kier molecular flexibility index (Phi) is 4.87. The van der Waals surface area contributed by atoms with Crippen molar-refractivity contribution in [2.75, 3.05) is 59.7 Å². The standard InChI is InChI=1S/C18H25N3O5S/c1-25-11-10-21-18(15-4-2-3-5-16(15)27(21,23)24)6-7-20(14-18)17(22)19-8-12-26-13-9-19/h2-5H,6-14H2,1H3/t18-/m1/s1. The van der Waals surface area contributed by atoms with E-state index in [-0.39, 0.29) is 12.6 Å². The molecule has 2 amide bonds. The van der Waals surface area contributed by atoms with Gasteiger partial charge in [-0.25, -0.2) is 13.2 Å². The van der Waals surface area contributed by atoms with Crippen LogP contribution in [0.15, 0.2) is 29.2 Å². The molecule has 0 bridgehead atoms. The molecule has 4 rings (SSSR count). The topological polar surface area (TPSA) is 79.4 Å². The molecule has 27 heavy (non-hydrogen) atoms. The molecule has 1 aromatic carbocycles. The van der Waals surface area contributed by atoms with E-state index >= 15 is 0 Å². The number of likely N-dealkylation sites (tertiary alicyclic amines) is 1. The van der Waals surface area contributed by atoms with Gasteiger partial charge in [0.2, 0.25) is 10.0 Å². The third-order valence-electron chi connectivity index (χ3n) is 5.73. The quantitative estimate of drug-likeness (QED) is 0.752. The third-order valence-corrected chi connectivity index (χ3v) is 7.76. The SMILES string of the molecule is COCCN1[C@@]2(CCN(C(=O)N3CCOCC3)C2)c2ccccc2S1(=O)=O. The first-order valence-corrected chi connectivity index (χ1v) is 10.7. The highest BCUT2D eigenvalue weighted by atomic mass is 32.2. The van der Waals surface area contributed by atoms with Gasteiger partial charge in [0.05, 0.1) is 30.3 Å². The van der Waals surface area contributed by atoms with Crippen LogP contribution in [-0.4, -0.2) is 88.2 Å². The van der Waals surface area contributed by atoms with Crippen LogP contribution in [0, 0.1) is 0 Å². The average Bonchev–Trinajstić information content (AvgIpc) is 3.21. The van der Waals surface area contributed by atoms with Crippen molar-refractivity contribution in [2.45, 2.75) is 16.9 Å². The van der Waals surface area contributed by atoms with E-state index in [4.69, 9.17) is 9.47 Å². The van der Waals surface area contributed by atoms with Crippen LogP contribution in [0.4, 0.5) is 4.79 Å². The highest BCUT2D eigenvalue weighted by Crippen LogP contribution is 2.49. The molecule has 3 aliphatic rings. The maximum absolute atomic E-state index is 13.2. The van der Waals surface area contributed by atoms with Crippen molar-refractivity contribution >= 4 is 16.1 Å². The van der Waals surface area contributed by atoms with Crippen molar-refractivity contribution in [1.82, 2.24) is 14.1 Å². The number of hydrogen-bond donors (Lipinski definition) is 0. The maximum atomic E-state index is 13.2. The summed E-state index contributed by atoms with van der Waals surface area (Å²) < 4.78 is 38.4. The Hall–Kier alpha value is -1.68. The number of methoxy groups -OCH3 is 1. The number of fused-ring (bicyclic) bond motifs is 2. The van der Waals surface area contributed by atoms with Gasteiger partial charge in [-0.1, -0.05) is 18.2 Å². The number of urea groups is 1. The van der Waals surface area contributed by atoms with Crippen LogP contribution in [0.25, 0.3) is 0 Å². The van der Waals surface area contributed by atoms with Crippen molar-refractivity contribution in [1.29, 1.82) is 0 Å². The van der Waals surface area contributed by atoms with Crippen molar-refractivity contribution < 1.29 is 22.7 Å². The number of nitrogens with zero attached hydrogens (tertiary/aromatic N) is 3. The Morgan fingerprint density at radius 1 is 1.19 bits per heavy atom. The Morgan fingerprint density at radius 3 is 2.67 bits per heavy atom. The first kappa shape index (κ1) is 18.7. The fourth-order valence-electron chi connectivity index (χ4n) is 4.40. The molecule has 2 fully saturated rings. The number of ether oxygens (including phenoxy) is 2. The summed E-state index contributed by atoms with van der Waals surface area (Å²) in [6.45, 7) is 3.71.